The number of piperidine rings is 2. The third kappa shape index (κ3) is 4.86. The van der Waals surface area contributed by atoms with Crippen LogP contribution in [0.2, 0.25) is 0 Å². The number of likely N-dealkylation sites (tertiary alicyclic amines) is 2. The summed E-state index contributed by atoms with van der Waals surface area (Å²) in [7, 11) is 1.88. The topological polar surface area (TPSA) is 56.8 Å². The molecule has 3 rings (SSSR count). The van der Waals surface area contributed by atoms with Crippen LogP contribution in [-0.2, 0) is 16.1 Å². The molecule has 1 spiro atoms. The maximum absolute atomic E-state index is 12.5. The van der Waals surface area contributed by atoms with E-state index in [1.807, 2.05) is 48.9 Å². The van der Waals surface area contributed by atoms with Gasteiger partial charge in [-0.15, -0.1) is 0 Å². The molecule has 0 N–H and O–H groups in total. The number of pyridine rings is 1. The summed E-state index contributed by atoms with van der Waals surface area (Å²) in [5.74, 6) is 0.401. The molecule has 2 aliphatic heterocycles. The average molecular weight is 373 g/mol. The number of likely N-dealkylation sites (N-methyl/N-ethyl adjacent to an activating group) is 1. The van der Waals surface area contributed by atoms with Crippen molar-refractivity contribution in [2.45, 2.75) is 52.1 Å². The van der Waals surface area contributed by atoms with Crippen molar-refractivity contribution >= 4 is 11.8 Å². The van der Waals surface area contributed by atoms with Crippen LogP contribution in [0.5, 0.6) is 0 Å². The van der Waals surface area contributed by atoms with Crippen molar-refractivity contribution in [1.29, 1.82) is 0 Å². The monoisotopic (exact) mass is 372 g/mol. The van der Waals surface area contributed by atoms with Gasteiger partial charge in [-0.05, 0) is 51.8 Å². The van der Waals surface area contributed by atoms with Gasteiger partial charge < -0.3 is 9.80 Å². The van der Waals surface area contributed by atoms with Gasteiger partial charge in [-0.25, -0.2) is 0 Å². The number of carbonyl (C=O) groups is 2. The second-order valence-electron chi connectivity index (χ2n) is 8.48. The summed E-state index contributed by atoms with van der Waals surface area (Å²) in [5.41, 5.74) is 1.04. The number of hydrogen-bond acceptors (Lipinski definition) is 4. The van der Waals surface area contributed by atoms with Crippen molar-refractivity contribution in [2.75, 3.05) is 33.2 Å². The molecular formula is C21H32N4O2. The van der Waals surface area contributed by atoms with Crippen LogP contribution in [0.25, 0.3) is 0 Å². The molecule has 1 unspecified atom stereocenters. The molecule has 1 aromatic heterocycles. The van der Waals surface area contributed by atoms with Crippen LogP contribution in [0.1, 0.15) is 45.2 Å². The standard InChI is InChI=1S/C21H32N4O2/c1-17(2)23(3)20(27)14-24-12-6-9-21(15-24)10-8-19(26)25(16-21)13-18-7-4-5-11-22-18/h4-5,7,11,17H,6,8-10,12-16H2,1-3H3. The van der Waals surface area contributed by atoms with Gasteiger partial charge >= 0.3 is 0 Å². The molecule has 1 aromatic rings. The van der Waals surface area contributed by atoms with Crippen LogP contribution in [-0.4, -0.2) is 70.8 Å². The second kappa shape index (κ2) is 8.38. The van der Waals surface area contributed by atoms with Crippen LogP contribution in [0, 0.1) is 5.41 Å². The Bertz CT molecular complexity index is 663. The summed E-state index contributed by atoms with van der Waals surface area (Å²) in [6, 6.07) is 6.05. The Balaban J connectivity index is 1.64. The molecule has 2 saturated heterocycles. The first-order valence-electron chi connectivity index (χ1n) is 10.0. The average Bonchev–Trinajstić information content (AvgIpc) is 2.65. The van der Waals surface area contributed by atoms with Gasteiger partial charge in [0.2, 0.25) is 11.8 Å². The molecule has 6 nitrogen and oxygen atoms in total. The smallest absolute Gasteiger partial charge is 0.236 e. The molecule has 3 heterocycles. The minimum Gasteiger partial charge on any atom is -0.342 e. The van der Waals surface area contributed by atoms with Crippen LogP contribution in [0.3, 0.4) is 0 Å². The highest BCUT2D eigenvalue weighted by molar-refractivity contribution is 5.78. The van der Waals surface area contributed by atoms with E-state index in [1.165, 1.54) is 0 Å². The third-order valence-electron chi connectivity index (χ3n) is 6.09. The van der Waals surface area contributed by atoms with Gasteiger partial charge in [0.05, 0.1) is 18.8 Å². The molecule has 27 heavy (non-hydrogen) atoms. The number of nitrogens with zero attached hydrogens (tertiary/aromatic N) is 4. The summed E-state index contributed by atoms with van der Waals surface area (Å²) in [6.07, 6.45) is 5.52. The molecule has 2 fully saturated rings. The molecule has 2 aliphatic rings. The van der Waals surface area contributed by atoms with Gasteiger partial charge in [0, 0.05) is 44.2 Å². The van der Waals surface area contributed by atoms with Crippen molar-refractivity contribution in [3.05, 3.63) is 30.1 Å². The molecule has 2 amide bonds. The third-order valence-corrected chi connectivity index (χ3v) is 6.09. The van der Waals surface area contributed by atoms with Crippen molar-refractivity contribution in [3.63, 3.8) is 0 Å². The minimum atomic E-state index is 0.109. The Hall–Kier alpha value is -1.95. The van der Waals surface area contributed by atoms with Crippen molar-refractivity contribution < 1.29 is 9.59 Å². The predicted molar refractivity (Wildman–Crippen MR) is 105 cm³/mol. The van der Waals surface area contributed by atoms with E-state index >= 15 is 0 Å². The van der Waals surface area contributed by atoms with E-state index in [9.17, 15) is 9.59 Å². The highest BCUT2D eigenvalue weighted by Gasteiger charge is 2.42. The van der Waals surface area contributed by atoms with Gasteiger partial charge in [-0.3, -0.25) is 19.5 Å². The van der Waals surface area contributed by atoms with Crippen LogP contribution >= 0.6 is 0 Å². The summed E-state index contributed by atoms with van der Waals surface area (Å²) in [5, 5.41) is 0. The molecular weight excluding hydrogens is 340 g/mol. The van der Waals surface area contributed by atoms with Gasteiger partial charge in [0.15, 0.2) is 0 Å². The molecule has 0 radical (unpaired) electrons. The van der Waals surface area contributed by atoms with Gasteiger partial charge in [-0.1, -0.05) is 6.07 Å². The lowest BCUT2D eigenvalue weighted by atomic mass is 9.73. The first kappa shape index (κ1) is 19.8. The molecule has 0 aliphatic carbocycles. The van der Waals surface area contributed by atoms with Crippen molar-refractivity contribution in [3.8, 4) is 0 Å². The van der Waals surface area contributed by atoms with E-state index in [4.69, 9.17) is 0 Å². The fourth-order valence-corrected chi connectivity index (χ4v) is 4.30. The fourth-order valence-electron chi connectivity index (χ4n) is 4.30. The van der Waals surface area contributed by atoms with Crippen molar-refractivity contribution in [1.82, 2.24) is 19.7 Å². The van der Waals surface area contributed by atoms with E-state index in [-0.39, 0.29) is 23.3 Å². The van der Waals surface area contributed by atoms with Crippen molar-refractivity contribution in [2.24, 2.45) is 5.41 Å². The number of amides is 2. The lowest BCUT2D eigenvalue weighted by Gasteiger charge is -2.48. The Labute approximate surface area is 162 Å². The SMILES string of the molecule is CC(C)N(C)C(=O)CN1CCCC2(CCC(=O)N(Cc3ccccn3)C2)C1. The summed E-state index contributed by atoms with van der Waals surface area (Å²) in [4.78, 5) is 35.4. The zero-order valence-corrected chi connectivity index (χ0v) is 16.9. The minimum absolute atomic E-state index is 0.109. The molecule has 0 bridgehead atoms. The summed E-state index contributed by atoms with van der Waals surface area (Å²) >= 11 is 0. The van der Waals surface area contributed by atoms with Crippen LogP contribution in [0.4, 0.5) is 0 Å². The molecule has 1 atom stereocenters. The predicted octanol–water partition coefficient (Wildman–Crippen LogP) is 2.15. The highest BCUT2D eigenvalue weighted by Crippen LogP contribution is 2.39. The van der Waals surface area contributed by atoms with Crippen LogP contribution in [0.15, 0.2) is 24.4 Å². The van der Waals surface area contributed by atoms with E-state index in [1.54, 1.807) is 6.20 Å². The maximum Gasteiger partial charge on any atom is 0.236 e. The van der Waals surface area contributed by atoms with E-state index < -0.39 is 0 Å². The quantitative estimate of drug-likeness (QED) is 0.795. The maximum atomic E-state index is 12.5. The normalized spacial score (nSPS) is 23.9. The Kier molecular flexibility index (Phi) is 6.15. The largest absolute Gasteiger partial charge is 0.342 e. The van der Waals surface area contributed by atoms with Gasteiger partial charge in [0.25, 0.3) is 0 Å². The lowest BCUT2D eigenvalue weighted by Crippen LogP contribution is -2.55. The second-order valence-corrected chi connectivity index (χ2v) is 8.48. The molecule has 0 aromatic carbocycles. The van der Waals surface area contributed by atoms with Crippen LogP contribution < -0.4 is 0 Å². The Morgan fingerprint density at radius 2 is 2.11 bits per heavy atom. The van der Waals surface area contributed by atoms with E-state index in [0.717, 1.165) is 44.6 Å². The van der Waals surface area contributed by atoms with E-state index in [0.29, 0.717) is 19.5 Å². The Morgan fingerprint density at radius 3 is 2.81 bits per heavy atom. The first-order chi connectivity index (χ1) is 12.9. The number of carbonyl (C=O) groups excluding carboxylic acids is 2. The molecule has 6 heteroatoms. The molecule has 0 saturated carbocycles. The van der Waals surface area contributed by atoms with Gasteiger partial charge in [-0.2, -0.15) is 0 Å². The summed E-state index contributed by atoms with van der Waals surface area (Å²) < 4.78 is 0. The zero-order valence-electron chi connectivity index (χ0n) is 16.9. The zero-order chi connectivity index (χ0) is 19.4. The number of rotatable bonds is 5. The lowest BCUT2D eigenvalue weighted by molar-refractivity contribution is -0.142. The summed E-state index contributed by atoms with van der Waals surface area (Å²) in [6.45, 7) is 7.77. The highest BCUT2D eigenvalue weighted by atomic mass is 16.2. The Morgan fingerprint density at radius 1 is 1.30 bits per heavy atom. The van der Waals surface area contributed by atoms with E-state index in [2.05, 4.69) is 9.88 Å². The number of aromatic nitrogens is 1. The molecule has 148 valence electrons. The van der Waals surface area contributed by atoms with Gasteiger partial charge in [0.1, 0.15) is 0 Å². The number of hydrogen-bond donors (Lipinski definition) is 0. The fraction of sp³-hybridized carbons (Fsp3) is 0.667. The first-order valence-corrected chi connectivity index (χ1v) is 10.0.